The molecule has 0 N–H and O–H groups in total. The fourth-order valence-corrected chi connectivity index (χ4v) is 1.40. The zero-order valence-corrected chi connectivity index (χ0v) is 9.17. The van der Waals surface area contributed by atoms with Crippen LogP contribution in [0.5, 0.6) is 5.75 Å². The summed E-state index contributed by atoms with van der Waals surface area (Å²) in [6.07, 6.45) is 0. The van der Waals surface area contributed by atoms with Crippen molar-refractivity contribution in [3.05, 3.63) is 23.8 Å². The van der Waals surface area contributed by atoms with E-state index in [4.69, 9.17) is 4.74 Å². The second-order valence-electron chi connectivity index (χ2n) is 2.53. The molecule has 70 valence electrons. The first-order valence-corrected chi connectivity index (χ1v) is 5.22. The topological polar surface area (TPSA) is 21.6 Å². The van der Waals surface area contributed by atoms with Gasteiger partial charge in [0, 0.05) is 5.33 Å². The van der Waals surface area contributed by atoms with E-state index in [0.29, 0.717) is 6.61 Å². The number of aliphatic imine (C=N–C) groups is 1. The van der Waals surface area contributed by atoms with Gasteiger partial charge in [0.1, 0.15) is 11.4 Å². The summed E-state index contributed by atoms with van der Waals surface area (Å²) >= 11 is 3.38. The van der Waals surface area contributed by atoms with Gasteiger partial charge in [-0.2, -0.15) is 0 Å². The standard InChI is InChI=1S/C10H12BrNO/c1-3-13-10-5-4-8(7-11)6-9(10)12-2/h4-6H,2-3,7H2,1H3. The molecular weight excluding hydrogens is 230 g/mol. The Labute approximate surface area is 86.8 Å². The van der Waals surface area contributed by atoms with Gasteiger partial charge in [-0.25, -0.2) is 0 Å². The molecule has 0 fully saturated rings. The third-order valence-electron chi connectivity index (χ3n) is 1.65. The maximum absolute atomic E-state index is 5.38. The van der Waals surface area contributed by atoms with Gasteiger partial charge in [-0.3, -0.25) is 4.99 Å². The van der Waals surface area contributed by atoms with Crippen molar-refractivity contribution >= 4 is 28.3 Å². The number of alkyl halides is 1. The number of rotatable bonds is 4. The van der Waals surface area contributed by atoms with Crippen LogP contribution in [0.25, 0.3) is 0 Å². The number of halogens is 1. The maximum atomic E-state index is 5.38. The van der Waals surface area contributed by atoms with Gasteiger partial charge < -0.3 is 4.74 Å². The van der Waals surface area contributed by atoms with E-state index in [-0.39, 0.29) is 0 Å². The second kappa shape index (κ2) is 5.02. The van der Waals surface area contributed by atoms with Gasteiger partial charge in [0.25, 0.3) is 0 Å². The first-order chi connectivity index (χ1) is 6.31. The van der Waals surface area contributed by atoms with E-state index in [2.05, 4.69) is 27.6 Å². The lowest BCUT2D eigenvalue weighted by Crippen LogP contribution is -1.92. The lowest BCUT2D eigenvalue weighted by molar-refractivity contribution is 0.341. The molecule has 0 saturated heterocycles. The van der Waals surface area contributed by atoms with Crippen molar-refractivity contribution in [2.24, 2.45) is 4.99 Å². The molecule has 0 spiro atoms. The minimum atomic E-state index is 0.649. The Morgan fingerprint density at radius 3 is 2.85 bits per heavy atom. The molecule has 0 saturated carbocycles. The van der Waals surface area contributed by atoms with Crippen LogP contribution in [0.2, 0.25) is 0 Å². The van der Waals surface area contributed by atoms with Crippen LogP contribution in [0.15, 0.2) is 23.2 Å². The average molecular weight is 242 g/mol. The molecule has 13 heavy (non-hydrogen) atoms. The molecule has 0 unspecified atom stereocenters. The van der Waals surface area contributed by atoms with Crippen molar-refractivity contribution in [2.45, 2.75) is 12.3 Å². The number of ether oxygens (including phenoxy) is 1. The van der Waals surface area contributed by atoms with E-state index in [1.54, 1.807) is 0 Å². The Kier molecular flexibility index (Phi) is 3.96. The van der Waals surface area contributed by atoms with Crippen LogP contribution >= 0.6 is 15.9 Å². The molecule has 0 aliphatic rings. The summed E-state index contributed by atoms with van der Waals surface area (Å²) in [5.74, 6) is 0.794. The highest BCUT2D eigenvalue weighted by molar-refractivity contribution is 9.08. The molecule has 1 aromatic rings. The zero-order valence-electron chi connectivity index (χ0n) is 7.59. The Balaban J connectivity index is 3.00. The third kappa shape index (κ3) is 2.56. The average Bonchev–Trinajstić information content (AvgIpc) is 2.19. The summed E-state index contributed by atoms with van der Waals surface area (Å²) in [7, 11) is 0. The fourth-order valence-electron chi connectivity index (χ4n) is 1.05. The van der Waals surface area contributed by atoms with Crippen LogP contribution in [0.4, 0.5) is 5.69 Å². The summed E-state index contributed by atoms with van der Waals surface area (Å²) in [6, 6.07) is 5.89. The monoisotopic (exact) mass is 241 g/mol. The van der Waals surface area contributed by atoms with E-state index in [1.165, 1.54) is 5.56 Å². The fraction of sp³-hybridized carbons (Fsp3) is 0.300. The van der Waals surface area contributed by atoms with Crippen LogP contribution in [0, 0.1) is 0 Å². The van der Waals surface area contributed by atoms with Gasteiger partial charge in [0.15, 0.2) is 0 Å². The summed E-state index contributed by atoms with van der Waals surface area (Å²) in [5, 5.41) is 0.821. The van der Waals surface area contributed by atoms with Gasteiger partial charge in [0.2, 0.25) is 0 Å². The van der Waals surface area contributed by atoms with E-state index in [1.807, 2.05) is 25.1 Å². The molecule has 1 rings (SSSR count). The minimum absolute atomic E-state index is 0.649. The number of hydrogen-bond acceptors (Lipinski definition) is 2. The van der Waals surface area contributed by atoms with Gasteiger partial charge >= 0.3 is 0 Å². The molecule has 1 aromatic carbocycles. The summed E-state index contributed by atoms with van der Waals surface area (Å²) in [6.45, 7) is 6.10. The summed E-state index contributed by atoms with van der Waals surface area (Å²) in [5.41, 5.74) is 1.98. The van der Waals surface area contributed by atoms with Gasteiger partial charge in [-0.05, 0) is 31.3 Å². The van der Waals surface area contributed by atoms with E-state index >= 15 is 0 Å². The predicted molar refractivity (Wildman–Crippen MR) is 59.5 cm³/mol. The Bertz CT molecular complexity index is 299. The molecule has 0 aliphatic carbocycles. The van der Waals surface area contributed by atoms with Gasteiger partial charge in [-0.15, -0.1) is 0 Å². The van der Waals surface area contributed by atoms with Crippen LogP contribution < -0.4 is 4.74 Å². The van der Waals surface area contributed by atoms with Crippen molar-refractivity contribution in [1.29, 1.82) is 0 Å². The normalized spacial score (nSPS) is 9.69. The Morgan fingerprint density at radius 2 is 2.31 bits per heavy atom. The number of nitrogens with zero attached hydrogens (tertiary/aromatic N) is 1. The van der Waals surface area contributed by atoms with Crippen molar-refractivity contribution in [1.82, 2.24) is 0 Å². The number of benzene rings is 1. The van der Waals surface area contributed by atoms with Crippen molar-refractivity contribution in [2.75, 3.05) is 6.61 Å². The highest BCUT2D eigenvalue weighted by atomic mass is 79.9. The first-order valence-electron chi connectivity index (χ1n) is 4.10. The lowest BCUT2D eigenvalue weighted by atomic mass is 10.2. The van der Waals surface area contributed by atoms with Crippen LogP contribution in [-0.4, -0.2) is 13.3 Å². The van der Waals surface area contributed by atoms with Crippen molar-refractivity contribution in [3.8, 4) is 5.75 Å². The molecule has 0 aliphatic heterocycles. The molecular formula is C10H12BrNO. The molecule has 0 radical (unpaired) electrons. The maximum Gasteiger partial charge on any atom is 0.144 e. The van der Waals surface area contributed by atoms with E-state index < -0.39 is 0 Å². The van der Waals surface area contributed by atoms with Crippen LogP contribution in [-0.2, 0) is 5.33 Å². The summed E-state index contributed by atoms with van der Waals surface area (Å²) in [4.78, 5) is 3.90. The van der Waals surface area contributed by atoms with Crippen molar-refractivity contribution < 1.29 is 4.74 Å². The molecule has 0 heterocycles. The minimum Gasteiger partial charge on any atom is -0.492 e. The van der Waals surface area contributed by atoms with E-state index in [0.717, 1.165) is 16.8 Å². The molecule has 0 amide bonds. The highest BCUT2D eigenvalue weighted by Gasteiger charge is 2.01. The van der Waals surface area contributed by atoms with Gasteiger partial charge in [0.05, 0.1) is 6.61 Å². The van der Waals surface area contributed by atoms with E-state index in [9.17, 15) is 0 Å². The largest absolute Gasteiger partial charge is 0.492 e. The molecule has 0 aromatic heterocycles. The van der Waals surface area contributed by atoms with Crippen LogP contribution in [0.1, 0.15) is 12.5 Å². The molecule has 0 bridgehead atoms. The quantitative estimate of drug-likeness (QED) is 0.586. The third-order valence-corrected chi connectivity index (χ3v) is 2.30. The summed E-state index contributed by atoms with van der Waals surface area (Å²) < 4.78 is 5.38. The Hall–Kier alpha value is -0.830. The molecule has 3 heteroatoms. The highest BCUT2D eigenvalue weighted by Crippen LogP contribution is 2.28. The smallest absolute Gasteiger partial charge is 0.144 e. The molecule has 2 nitrogen and oxygen atoms in total. The van der Waals surface area contributed by atoms with Crippen molar-refractivity contribution in [3.63, 3.8) is 0 Å². The molecule has 0 atom stereocenters. The first kappa shape index (κ1) is 10.3. The van der Waals surface area contributed by atoms with Gasteiger partial charge in [-0.1, -0.05) is 22.0 Å². The Morgan fingerprint density at radius 1 is 1.54 bits per heavy atom. The lowest BCUT2D eigenvalue weighted by Gasteiger charge is -2.07. The SMILES string of the molecule is C=Nc1cc(CBr)ccc1OCC. The number of hydrogen-bond donors (Lipinski definition) is 0. The van der Waals surface area contributed by atoms with Crippen LogP contribution in [0.3, 0.4) is 0 Å². The zero-order chi connectivity index (χ0) is 9.68. The predicted octanol–water partition coefficient (Wildman–Crippen LogP) is 3.31. The second-order valence-corrected chi connectivity index (χ2v) is 3.09.